The van der Waals surface area contributed by atoms with Crippen molar-refractivity contribution >= 4 is 34.8 Å². The predicted molar refractivity (Wildman–Crippen MR) is 60.4 cm³/mol. The van der Waals surface area contributed by atoms with Gasteiger partial charge in [0.15, 0.2) is 0 Å². The van der Waals surface area contributed by atoms with Crippen LogP contribution in [0.2, 0.25) is 10.0 Å². The van der Waals surface area contributed by atoms with E-state index in [9.17, 15) is 4.79 Å². The van der Waals surface area contributed by atoms with Crippen LogP contribution in [0.25, 0.3) is 0 Å². The molecule has 0 bridgehead atoms. The van der Waals surface area contributed by atoms with Crippen molar-refractivity contribution in [3.63, 3.8) is 0 Å². The van der Waals surface area contributed by atoms with Crippen molar-refractivity contribution in [2.45, 2.75) is 12.8 Å². The standard InChI is InChI=1S/C10H8Cl2N2O/c11-7-3-1-2-6(10(7)12)8-4-5-9(15)14-13-8/h1-3H,4-5H2,(H,14,15). The summed E-state index contributed by atoms with van der Waals surface area (Å²) in [5, 5.41) is 4.93. The van der Waals surface area contributed by atoms with E-state index in [0.717, 1.165) is 11.3 Å². The van der Waals surface area contributed by atoms with Crippen LogP contribution in [0.15, 0.2) is 23.3 Å². The van der Waals surface area contributed by atoms with Gasteiger partial charge in [0.1, 0.15) is 0 Å². The number of rotatable bonds is 1. The highest BCUT2D eigenvalue weighted by atomic mass is 35.5. The number of hydrogen-bond acceptors (Lipinski definition) is 2. The molecule has 1 aliphatic heterocycles. The first-order valence-corrected chi connectivity index (χ1v) is 5.24. The molecule has 1 amide bonds. The third kappa shape index (κ3) is 2.13. The molecule has 15 heavy (non-hydrogen) atoms. The molecule has 5 heteroatoms. The van der Waals surface area contributed by atoms with E-state index in [1.165, 1.54) is 0 Å². The number of carbonyl (C=O) groups is 1. The Morgan fingerprint density at radius 1 is 1.27 bits per heavy atom. The molecule has 0 aliphatic carbocycles. The normalized spacial score (nSPS) is 15.9. The van der Waals surface area contributed by atoms with Gasteiger partial charge in [0.25, 0.3) is 0 Å². The fourth-order valence-corrected chi connectivity index (χ4v) is 1.80. The highest BCUT2D eigenvalue weighted by Gasteiger charge is 2.16. The van der Waals surface area contributed by atoms with Crippen molar-refractivity contribution in [1.29, 1.82) is 0 Å². The molecule has 1 heterocycles. The molecule has 2 rings (SSSR count). The van der Waals surface area contributed by atoms with Crippen LogP contribution >= 0.6 is 23.2 Å². The molecular formula is C10H8Cl2N2O. The van der Waals surface area contributed by atoms with Crippen LogP contribution in [0, 0.1) is 0 Å². The number of hydrazone groups is 1. The maximum atomic E-state index is 10.9. The first kappa shape index (κ1) is 10.5. The lowest BCUT2D eigenvalue weighted by molar-refractivity contribution is -0.121. The van der Waals surface area contributed by atoms with Gasteiger partial charge in [0.2, 0.25) is 5.91 Å². The lowest BCUT2D eigenvalue weighted by Crippen LogP contribution is -2.26. The second-order valence-corrected chi connectivity index (χ2v) is 3.98. The molecule has 0 saturated heterocycles. The van der Waals surface area contributed by atoms with Crippen molar-refractivity contribution in [3.05, 3.63) is 33.8 Å². The van der Waals surface area contributed by atoms with Crippen LogP contribution in [0.3, 0.4) is 0 Å². The van der Waals surface area contributed by atoms with E-state index in [1.807, 2.05) is 12.1 Å². The topological polar surface area (TPSA) is 41.5 Å². The molecule has 1 aromatic rings. The molecule has 1 aromatic carbocycles. The SMILES string of the molecule is O=C1CCC(c2cccc(Cl)c2Cl)=NN1. The molecule has 0 radical (unpaired) electrons. The van der Waals surface area contributed by atoms with Crippen molar-refractivity contribution in [1.82, 2.24) is 5.43 Å². The summed E-state index contributed by atoms with van der Waals surface area (Å²) in [4.78, 5) is 10.9. The Morgan fingerprint density at radius 2 is 2.07 bits per heavy atom. The fourth-order valence-electron chi connectivity index (χ4n) is 1.40. The number of nitrogens with zero attached hydrogens (tertiary/aromatic N) is 1. The summed E-state index contributed by atoms with van der Waals surface area (Å²) in [6.45, 7) is 0. The quantitative estimate of drug-likeness (QED) is 0.809. The van der Waals surface area contributed by atoms with Crippen molar-refractivity contribution in [3.8, 4) is 0 Å². The zero-order valence-electron chi connectivity index (χ0n) is 7.76. The average molecular weight is 243 g/mol. The van der Waals surface area contributed by atoms with Gasteiger partial charge in [-0.3, -0.25) is 4.79 Å². The average Bonchev–Trinajstić information content (AvgIpc) is 2.24. The first-order valence-electron chi connectivity index (χ1n) is 4.48. The van der Waals surface area contributed by atoms with Crippen LogP contribution in [0.5, 0.6) is 0 Å². The van der Waals surface area contributed by atoms with Gasteiger partial charge < -0.3 is 0 Å². The first-order chi connectivity index (χ1) is 7.18. The zero-order valence-corrected chi connectivity index (χ0v) is 9.27. The Balaban J connectivity index is 2.38. The van der Waals surface area contributed by atoms with E-state index in [-0.39, 0.29) is 5.91 Å². The Morgan fingerprint density at radius 3 is 2.73 bits per heavy atom. The molecule has 0 saturated carbocycles. The van der Waals surface area contributed by atoms with Gasteiger partial charge in [-0.2, -0.15) is 5.10 Å². The molecule has 1 N–H and O–H groups in total. The van der Waals surface area contributed by atoms with E-state index in [4.69, 9.17) is 23.2 Å². The largest absolute Gasteiger partial charge is 0.273 e. The summed E-state index contributed by atoms with van der Waals surface area (Å²) in [6.07, 6.45) is 1.02. The molecular weight excluding hydrogens is 235 g/mol. The number of halogens is 2. The molecule has 0 unspecified atom stereocenters. The van der Waals surface area contributed by atoms with Gasteiger partial charge in [-0.1, -0.05) is 35.3 Å². The fraction of sp³-hybridized carbons (Fsp3) is 0.200. The van der Waals surface area contributed by atoms with Crippen LogP contribution in [-0.2, 0) is 4.79 Å². The maximum Gasteiger partial charge on any atom is 0.240 e. The highest BCUT2D eigenvalue weighted by Crippen LogP contribution is 2.27. The minimum absolute atomic E-state index is 0.0723. The molecule has 0 atom stereocenters. The summed E-state index contributed by atoms with van der Waals surface area (Å²) in [6, 6.07) is 5.36. The van der Waals surface area contributed by atoms with E-state index < -0.39 is 0 Å². The van der Waals surface area contributed by atoms with Crippen LogP contribution in [-0.4, -0.2) is 11.6 Å². The van der Waals surface area contributed by atoms with Gasteiger partial charge in [0, 0.05) is 18.4 Å². The Bertz CT molecular complexity index is 443. The van der Waals surface area contributed by atoms with E-state index >= 15 is 0 Å². The van der Waals surface area contributed by atoms with Gasteiger partial charge in [-0.25, -0.2) is 5.43 Å². The van der Waals surface area contributed by atoms with Crippen LogP contribution in [0.4, 0.5) is 0 Å². The van der Waals surface area contributed by atoms with Crippen molar-refractivity contribution in [2.75, 3.05) is 0 Å². The number of hydrogen-bond donors (Lipinski definition) is 1. The van der Waals surface area contributed by atoms with E-state index in [2.05, 4.69) is 10.5 Å². The number of amides is 1. The summed E-state index contributed by atoms with van der Waals surface area (Å²) in [7, 11) is 0. The molecule has 0 spiro atoms. The Kier molecular flexibility index (Phi) is 2.93. The maximum absolute atomic E-state index is 10.9. The van der Waals surface area contributed by atoms with E-state index in [0.29, 0.717) is 22.9 Å². The summed E-state index contributed by atoms with van der Waals surface area (Å²) in [5.74, 6) is -0.0723. The lowest BCUT2D eigenvalue weighted by atomic mass is 10.0. The van der Waals surface area contributed by atoms with E-state index in [1.54, 1.807) is 6.07 Å². The molecule has 1 aliphatic rings. The zero-order chi connectivity index (χ0) is 10.8. The number of nitrogens with one attached hydrogen (secondary N) is 1. The number of carbonyl (C=O) groups excluding carboxylic acids is 1. The minimum atomic E-state index is -0.0723. The van der Waals surface area contributed by atoms with Gasteiger partial charge in [0.05, 0.1) is 15.8 Å². The molecule has 0 aromatic heterocycles. The predicted octanol–water partition coefficient (Wildman–Crippen LogP) is 2.61. The van der Waals surface area contributed by atoms with Gasteiger partial charge in [-0.05, 0) is 6.07 Å². The second-order valence-electron chi connectivity index (χ2n) is 3.19. The molecule has 78 valence electrons. The summed E-state index contributed by atoms with van der Waals surface area (Å²) < 4.78 is 0. The monoisotopic (exact) mass is 242 g/mol. The second kappa shape index (κ2) is 4.21. The van der Waals surface area contributed by atoms with Crippen LogP contribution in [0.1, 0.15) is 18.4 Å². The van der Waals surface area contributed by atoms with Crippen molar-refractivity contribution < 1.29 is 4.79 Å². The van der Waals surface area contributed by atoms with Gasteiger partial charge >= 0.3 is 0 Å². The Labute approximate surface area is 97.1 Å². The minimum Gasteiger partial charge on any atom is -0.273 e. The third-order valence-electron chi connectivity index (χ3n) is 2.17. The van der Waals surface area contributed by atoms with Crippen LogP contribution < -0.4 is 5.43 Å². The summed E-state index contributed by atoms with van der Waals surface area (Å²) >= 11 is 11.9. The lowest BCUT2D eigenvalue weighted by Gasteiger charge is -2.13. The molecule has 0 fully saturated rings. The highest BCUT2D eigenvalue weighted by molar-refractivity contribution is 6.44. The van der Waals surface area contributed by atoms with Gasteiger partial charge in [-0.15, -0.1) is 0 Å². The summed E-state index contributed by atoms with van der Waals surface area (Å²) in [5.41, 5.74) is 3.97. The Hall–Kier alpha value is -1.06. The van der Waals surface area contributed by atoms with Crippen molar-refractivity contribution in [2.24, 2.45) is 5.10 Å². The smallest absolute Gasteiger partial charge is 0.240 e. The third-order valence-corrected chi connectivity index (χ3v) is 2.99. The number of benzene rings is 1. The molecule has 3 nitrogen and oxygen atoms in total.